The summed E-state index contributed by atoms with van der Waals surface area (Å²) in [5.74, 6) is -2.28. The maximum Gasteiger partial charge on any atom is 0.573 e. The van der Waals surface area contributed by atoms with Crippen LogP contribution < -0.4 is 15.4 Å². The Morgan fingerprint density at radius 1 is 1.07 bits per heavy atom. The molecule has 0 saturated heterocycles. The van der Waals surface area contributed by atoms with Gasteiger partial charge in [0.1, 0.15) is 17.4 Å². The van der Waals surface area contributed by atoms with Gasteiger partial charge >= 0.3 is 12.4 Å². The van der Waals surface area contributed by atoms with Crippen molar-refractivity contribution in [2.45, 2.75) is 6.36 Å². The summed E-state index contributed by atoms with van der Waals surface area (Å²) in [4.78, 5) is 12.1. The first kappa shape index (κ1) is 20.1. The standard InChI is InChI=1S/C18H13F5N4O2/c1-27-15(6-7-24-27)12-9-11(3-5-16(12)29-18(21,22)23)25-17(28)26-14-4-2-10(19)8-13(14)20/h2-9H,1H3,(H2,25,26,28). The van der Waals surface area contributed by atoms with Crippen LogP contribution in [0.15, 0.2) is 48.7 Å². The Bertz CT molecular complexity index is 1050. The number of carbonyl (C=O) groups excluding carboxylic acids is 1. The number of benzene rings is 2. The van der Waals surface area contributed by atoms with Gasteiger partial charge in [-0.1, -0.05) is 0 Å². The third-order valence-electron chi connectivity index (χ3n) is 3.74. The average Bonchev–Trinajstić information content (AvgIpc) is 3.03. The second-order valence-electron chi connectivity index (χ2n) is 5.80. The van der Waals surface area contributed by atoms with Crippen LogP contribution in [-0.2, 0) is 7.05 Å². The van der Waals surface area contributed by atoms with E-state index in [1.165, 1.54) is 36.1 Å². The Balaban J connectivity index is 1.86. The van der Waals surface area contributed by atoms with Gasteiger partial charge in [0.25, 0.3) is 0 Å². The molecule has 0 unspecified atom stereocenters. The summed E-state index contributed by atoms with van der Waals surface area (Å²) in [6, 6.07) is 6.64. The van der Waals surface area contributed by atoms with Gasteiger partial charge in [0.05, 0.1) is 11.4 Å². The van der Waals surface area contributed by atoms with Crippen LogP contribution >= 0.6 is 0 Å². The van der Waals surface area contributed by atoms with Gasteiger partial charge in [-0.15, -0.1) is 13.2 Å². The maximum atomic E-state index is 13.6. The molecule has 6 nitrogen and oxygen atoms in total. The third kappa shape index (κ3) is 5.00. The van der Waals surface area contributed by atoms with Gasteiger partial charge in [0, 0.05) is 30.6 Å². The first-order chi connectivity index (χ1) is 13.6. The molecule has 11 heteroatoms. The first-order valence-corrected chi connectivity index (χ1v) is 8.03. The number of alkyl halides is 3. The van der Waals surface area contributed by atoms with E-state index in [0.29, 0.717) is 11.8 Å². The zero-order valence-corrected chi connectivity index (χ0v) is 14.7. The largest absolute Gasteiger partial charge is 0.573 e. The zero-order valence-electron chi connectivity index (χ0n) is 14.7. The summed E-state index contributed by atoms with van der Waals surface area (Å²) in [5.41, 5.74) is 0.162. The van der Waals surface area contributed by atoms with Crippen molar-refractivity contribution in [1.29, 1.82) is 0 Å². The molecule has 0 aliphatic rings. The van der Waals surface area contributed by atoms with Gasteiger partial charge < -0.3 is 15.4 Å². The van der Waals surface area contributed by atoms with Crippen LogP contribution in [0.2, 0.25) is 0 Å². The number of aryl methyl sites for hydroxylation is 1. The fourth-order valence-corrected chi connectivity index (χ4v) is 2.54. The van der Waals surface area contributed by atoms with E-state index in [-0.39, 0.29) is 16.9 Å². The van der Waals surface area contributed by atoms with Crippen LogP contribution in [0, 0.1) is 11.6 Å². The van der Waals surface area contributed by atoms with E-state index in [1.807, 2.05) is 0 Å². The molecule has 29 heavy (non-hydrogen) atoms. The van der Waals surface area contributed by atoms with Crippen LogP contribution in [0.3, 0.4) is 0 Å². The lowest BCUT2D eigenvalue weighted by atomic mass is 10.1. The molecule has 0 spiro atoms. The second kappa shape index (κ2) is 7.78. The summed E-state index contributed by atoms with van der Waals surface area (Å²) in [5, 5.41) is 8.45. The molecule has 0 bridgehead atoms. The second-order valence-corrected chi connectivity index (χ2v) is 5.80. The molecule has 3 aromatic rings. The molecule has 2 amide bonds. The summed E-state index contributed by atoms with van der Waals surface area (Å²) in [6.07, 6.45) is -3.53. The van der Waals surface area contributed by atoms with Gasteiger partial charge in [0.2, 0.25) is 0 Å². The van der Waals surface area contributed by atoms with Crippen molar-refractivity contribution in [1.82, 2.24) is 9.78 Å². The molecule has 152 valence electrons. The van der Waals surface area contributed by atoms with Crippen molar-refractivity contribution in [3.8, 4) is 17.0 Å². The smallest absolute Gasteiger partial charge is 0.405 e. The molecule has 3 rings (SSSR count). The lowest BCUT2D eigenvalue weighted by molar-refractivity contribution is -0.274. The molecule has 0 aliphatic heterocycles. The number of halogens is 5. The number of nitrogens with one attached hydrogen (secondary N) is 2. The normalized spacial score (nSPS) is 11.2. The lowest BCUT2D eigenvalue weighted by Crippen LogP contribution is -2.21. The van der Waals surface area contributed by atoms with Crippen molar-refractivity contribution in [3.05, 3.63) is 60.3 Å². The molecule has 2 aromatic carbocycles. The highest BCUT2D eigenvalue weighted by molar-refractivity contribution is 6.00. The molecule has 0 radical (unpaired) electrons. The Morgan fingerprint density at radius 3 is 2.45 bits per heavy atom. The van der Waals surface area contributed by atoms with Crippen molar-refractivity contribution in [2.24, 2.45) is 7.05 Å². The fourth-order valence-electron chi connectivity index (χ4n) is 2.54. The van der Waals surface area contributed by atoms with Gasteiger partial charge in [-0.3, -0.25) is 4.68 Å². The van der Waals surface area contributed by atoms with E-state index >= 15 is 0 Å². The lowest BCUT2D eigenvalue weighted by Gasteiger charge is -2.15. The topological polar surface area (TPSA) is 68.2 Å². The Morgan fingerprint density at radius 2 is 1.83 bits per heavy atom. The zero-order chi connectivity index (χ0) is 21.2. The van der Waals surface area contributed by atoms with Crippen LogP contribution in [0.5, 0.6) is 5.75 Å². The number of urea groups is 1. The predicted molar refractivity (Wildman–Crippen MR) is 94.3 cm³/mol. The number of carbonyl (C=O) groups is 1. The van der Waals surface area contributed by atoms with E-state index in [0.717, 1.165) is 18.2 Å². The molecule has 1 aromatic heterocycles. The number of hydrogen-bond donors (Lipinski definition) is 2. The highest BCUT2D eigenvalue weighted by Crippen LogP contribution is 2.35. The van der Waals surface area contributed by atoms with Gasteiger partial charge in [-0.05, 0) is 36.4 Å². The molecule has 0 aliphatic carbocycles. The fraction of sp³-hybridized carbons (Fsp3) is 0.111. The van der Waals surface area contributed by atoms with E-state index in [9.17, 15) is 26.7 Å². The van der Waals surface area contributed by atoms with Crippen molar-refractivity contribution in [2.75, 3.05) is 10.6 Å². The monoisotopic (exact) mass is 412 g/mol. The van der Waals surface area contributed by atoms with E-state index in [4.69, 9.17) is 0 Å². The van der Waals surface area contributed by atoms with Gasteiger partial charge in [0.15, 0.2) is 0 Å². The van der Waals surface area contributed by atoms with Crippen LogP contribution in [0.1, 0.15) is 0 Å². The molecular weight excluding hydrogens is 399 g/mol. The number of hydrogen-bond acceptors (Lipinski definition) is 3. The van der Waals surface area contributed by atoms with Gasteiger partial charge in [-0.25, -0.2) is 13.6 Å². The van der Waals surface area contributed by atoms with Crippen LogP contribution in [0.4, 0.5) is 38.1 Å². The number of rotatable bonds is 4. The summed E-state index contributed by atoms with van der Waals surface area (Å²) in [6.45, 7) is 0. The summed E-state index contributed by atoms with van der Waals surface area (Å²) in [7, 11) is 1.52. The number of anilines is 2. The van der Waals surface area contributed by atoms with Gasteiger partial charge in [-0.2, -0.15) is 5.10 Å². The Kier molecular flexibility index (Phi) is 5.39. The molecule has 0 saturated carbocycles. The highest BCUT2D eigenvalue weighted by atomic mass is 19.4. The van der Waals surface area contributed by atoms with Crippen molar-refractivity contribution < 1.29 is 31.5 Å². The minimum absolute atomic E-state index is 0.0214. The van der Waals surface area contributed by atoms with Crippen LogP contribution in [-0.4, -0.2) is 22.2 Å². The Labute approximate surface area is 160 Å². The van der Waals surface area contributed by atoms with E-state index < -0.39 is 29.8 Å². The third-order valence-corrected chi connectivity index (χ3v) is 3.74. The number of nitrogens with zero attached hydrogens (tertiary/aromatic N) is 2. The minimum Gasteiger partial charge on any atom is -0.405 e. The molecular formula is C18H13F5N4O2. The van der Waals surface area contributed by atoms with Crippen LogP contribution in [0.25, 0.3) is 11.3 Å². The number of ether oxygens (including phenoxy) is 1. The number of aromatic nitrogens is 2. The number of amides is 2. The highest BCUT2D eigenvalue weighted by Gasteiger charge is 2.32. The van der Waals surface area contributed by atoms with Crippen molar-refractivity contribution >= 4 is 17.4 Å². The predicted octanol–water partition coefficient (Wildman–Crippen LogP) is 4.91. The molecule has 0 atom stereocenters. The summed E-state index contributed by atoms with van der Waals surface area (Å²) >= 11 is 0. The first-order valence-electron chi connectivity index (χ1n) is 8.03. The average molecular weight is 412 g/mol. The van der Waals surface area contributed by atoms with E-state index in [1.54, 1.807) is 0 Å². The molecule has 2 N–H and O–H groups in total. The minimum atomic E-state index is -4.92. The molecule has 1 heterocycles. The summed E-state index contributed by atoms with van der Waals surface area (Å²) < 4.78 is 70.0. The van der Waals surface area contributed by atoms with E-state index in [2.05, 4.69) is 20.5 Å². The maximum absolute atomic E-state index is 13.6. The molecule has 0 fully saturated rings. The SMILES string of the molecule is Cn1nccc1-c1cc(NC(=O)Nc2ccc(F)cc2F)ccc1OC(F)(F)F. The van der Waals surface area contributed by atoms with Crippen molar-refractivity contribution in [3.63, 3.8) is 0 Å². The Hall–Kier alpha value is -3.63. The quantitative estimate of drug-likeness (QED) is 0.599.